The number of aromatic nitrogens is 9. The summed E-state index contributed by atoms with van der Waals surface area (Å²) in [5, 5.41) is 46.0. The molecule has 0 aliphatic rings. The summed E-state index contributed by atoms with van der Waals surface area (Å²) in [5.41, 5.74) is 0.953. The zero-order valence-corrected chi connectivity index (χ0v) is 40.5. The van der Waals surface area contributed by atoms with Crippen LogP contribution in [0, 0.1) is 0 Å². The van der Waals surface area contributed by atoms with Crippen LogP contribution in [0.25, 0.3) is 33.4 Å². The second kappa shape index (κ2) is 18.8. The van der Waals surface area contributed by atoms with Gasteiger partial charge >= 0.3 is 88.7 Å². The Morgan fingerprint density at radius 1 is 0.565 bits per heavy atom. The van der Waals surface area contributed by atoms with Crippen LogP contribution in [0.5, 0.6) is 11.5 Å². The van der Waals surface area contributed by atoms with Crippen LogP contribution in [0.1, 0.15) is 0 Å². The Hall–Kier alpha value is -4.36. The average molecular weight is 927 g/mol. The van der Waals surface area contributed by atoms with E-state index in [1.54, 1.807) is 0 Å². The minimum absolute atomic E-state index is 0. The molecule has 8 rings (SSSR count). The number of nitrogens with one attached hydrogen (secondary N) is 3. The summed E-state index contributed by atoms with van der Waals surface area (Å²) in [6.45, 7) is 0. The van der Waals surface area contributed by atoms with Crippen molar-refractivity contribution in [2.24, 2.45) is 9.98 Å². The van der Waals surface area contributed by atoms with Gasteiger partial charge in [-0.1, -0.05) is 11.5 Å². The van der Waals surface area contributed by atoms with Gasteiger partial charge in [-0.3, -0.25) is 19.1 Å². The third-order valence-electron chi connectivity index (χ3n) is 8.18. The normalized spacial score (nSPS) is 12.4. The van der Waals surface area contributed by atoms with E-state index in [0.29, 0.717) is 0 Å². The summed E-state index contributed by atoms with van der Waals surface area (Å²) < 4.78 is 99.2. The molecule has 0 bridgehead atoms. The van der Waals surface area contributed by atoms with Crippen LogP contribution in [0.15, 0.2) is 122 Å². The van der Waals surface area contributed by atoms with E-state index in [1.165, 1.54) is 48.5 Å². The minimum atomic E-state index is -4.72. The second-order valence-electron chi connectivity index (χ2n) is 12.2. The summed E-state index contributed by atoms with van der Waals surface area (Å²) in [4.78, 5) is 19.6. The van der Waals surface area contributed by atoms with Gasteiger partial charge < -0.3 is 20.1 Å². The molecule has 0 atom stereocenters. The molecular formula is C33H21N12Na3O11S3. The molecule has 23 nitrogen and oxygen atoms in total. The number of anilines is 2. The molecule has 8 aromatic rings. The Balaban J connectivity index is 0.00000242. The van der Waals surface area contributed by atoms with Crippen molar-refractivity contribution in [1.29, 1.82) is 0 Å². The number of aromatic amines is 2. The molecule has 3 aromatic heterocycles. The van der Waals surface area contributed by atoms with E-state index in [1.807, 2.05) is 0 Å². The standard InChI is InChI=1S/C33H24N12O11S3.3Na/c46-29-13-18(3-11-27(29)44-40-23-9-7-21(58(51,52)53)15-25(23)42-44)35-32-37-31(34-17-1-5-20(6-2-17)57(48,49)50)38-33(39-32)36-19-4-12-28(30(47)14-19)45-41-24-10-8-22(59(54,55)56)16-26(24)43-45;;;/h1-16,46-47H,(H,48,49,50)(H,51,52,53)(H,54,55,56)(H3,34,35,36,37,38,39);;;/q;3*+1/p-3. The Morgan fingerprint density at radius 3 is 1.47 bits per heavy atom. The van der Waals surface area contributed by atoms with Crippen molar-refractivity contribution in [3.05, 3.63) is 108 Å². The van der Waals surface area contributed by atoms with Gasteiger partial charge in [0.1, 0.15) is 32.2 Å². The fourth-order valence-corrected chi connectivity index (χ4v) is 6.94. The van der Waals surface area contributed by atoms with Gasteiger partial charge in [0, 0.05) is 5.69 Å². The molecule has 3 heterocycles. The number of hydrogen-bond donors (Lipinski definition) is 5. The molecule has 0 amide bonds. The first-order chi connectivity index (χ1) is 27.9. The first-order valence-electron chi connectivity index (χ1n) is 16.3. The largest absolute Gasteiger partial charge is 1.00 e. The van der Waals surface area contributed by atoms with Gasteiger partial charge in [0.2, 0.25) is 17.2 Å². The third kappa shape index (κ3) is 10.9. The van der Waals surface area contributed by atoms with Crippen molar-refractivity contribution in [1.82, 2.24) is 44.9 Å². The van der Waals surface area contributed by atoms with E-state index < -0.39 is 56.5 Å². The molecule has 62 heavy (non-hydrogen) atoms. The second-order valence-corrected chi connectivity index (χ2v) is 16.5. The number of H-pyrrole nitrogens is 2. The summed E-state index contributed by atoms with van der Waals surface area (Å²) in [5.74, 6) is -1.21. The summed E-state index contributed by atoms with van der Waals surface area (Å²) in [6, 6.07) is 19.8. The Kier molecular flexibility index (Phi) is 14.7. The van der Waals surface area contributed by atoms with Crippen LogP contribution in [-0.4, -0.2) is 83.9 Å². The maximum Gasteiger partial charge on any atom is 1.00 e. The van der Waals surface area contributed by atoms with Gasteiger partial charge in [0.15, 0.2) is 0 Å². The number of benzene rings is 5. The maximum absolute atomic E-state index is 13.2. The van der Waals surface area contributed by atoms with Crippen molar-refractivity contribution >= 4 is 75.4 Å². The fourth-order valence-electron chi connectivity index (χ4n) is 5.47. The van der Waals surface area contributed by atoms with Crippen LogP contribution in [0.4, 0.5) is 23.0 Å². The number of fused-ring (bicyclic) bond motifs is 2. The number of rotatable bonds is 9. The van der Waals surface area contributed by atoms with Crippen LogP contribution in [0.3, 0.4) is 0 Å². The topological polar surface area (TPSA) is 355 Å². The summed E-state index contributed by atoms with van der Waals surface area (Å²) in [6.07, 6.45) is 0. The van der Waals surface area contributed by atoms with Gasteiger partial charge in [-0.15, -0.1) is 20.4 Å². The molecule has 300 valence electrons. The van der Waals surface area contributed by atoms with Gasteiger partial charge in [-0.05, 0) is 97.1 Å². The molecule has 0 aliphatic heterocycles. The predicted molar refractivity (Wildman–Crippen MR) is 197 cm³/mol. The smallest absolute Gasteiger partial charge is 0.871 e. The molecule has 0 unspecified atom stereocenters. The van der Waals surface area contributed by atoms with E-state index in [4.69, 9.17) is 0 Å². The minimum Gasteiger partial charge on any atom is -0.871 e. The van der Waals surface area contributed by atoms with Crippen LogP contribution in [0.2, 0.25) is 0 Å². The van der Waals surface area contributed by atoms with Crippen molar-refractivity contribution < 1.29 is 138 Å². The van der Waals surface area contributed by atoms with Crippen molar-refractivity contribution in [3.63, 3.8) is 0 Å². The SMILES string of the molecule is O=S(=O)([O-])c1ccc(Nc2nc(=Nc3ccc(-n4nc5ccc(S(=O)(=O)O)cc5n4)c([O-])c3)[nH]c(=Nc3ccc(-n4nc5ccc(S(=O)(=O)O)cc5n4)c([O-])c3)[nH]2)cc1.[Na+].[Na+].[Na+]. The molecule has 0 aliphatic carbocycles. The molecule has 5 N–H and O–H groups in total. The molecule has 0 saturated carbocycles. The number of nitrogens with zero attached hydrogens (tertiary/aromatic N) is 9. The molecule has 0 saturated heterocycles. The zero-order chi connectivity index (χ0) is 41.9. The van der Waals surface area contributed by atoms with Gasteiger partial charge in [0.25, 0.3) is 20.2 Å². The molecule has 0 spiro atoms. The Morgan fingerprint density at radius 2 is 1.02 bits per heavy atom. The van der Waals surface area contributed by atoms with Crippen molar-refractivity contribution in [2.45, 2.75) is 14.7 Å². The van der Waals surface area contributed by atoms with Crippen molar-refractivity contribution in [3.8, 4) is 22.9 Å². The molecular weight excluding hydrogens is 906 g/mol. The Labute approximate surface area is 414 Å². The Bertz CT molecular complexity index is 3320. The molecule has 29 heteroatoms. The third-order valence-corrected chi connectivity index (χ3v) is 10.7. The first kappa shape index (κ1) is 48.7. The quantitative estimate of drug-likeness (QED) is 0.0663. The van der Waals surface area contributed by atoms with E-state index in [9.17, 15) is 49.1 Å². The van der Waals surface area contributed by atoms with E-state index in [2.05, 4.69) is 50.6 Å². The van der Waals surface area contributed by atoms with Gasteiger partial charge in [-0.25, -0.2) is 18.4 Å². The van der Waals surface area contributed by atoms with Gasteiger partial charge in [-0.2, -0.15) is 31.4 Å². The first-order valence-corrected chi connectivity index (χ1v) is 20.6. The predicted octanol–water partition coefficient (Wildman–Crippen LogP) is -8.03. The van der Waals surface area contributed by atoms with Crippen LogP contribution < -0.4 is 115 Å². The van der Waals surface area contributed by atoms with E-state index in [-0.39, 0.29) is 156 Å². The van der Waals surface area contributed by atoms with E-state index in [0.717, 1.165) is 58.1 Å². The summed E-state index contributed by atoms with van der Waals surface area (Å²) >= 11 is 0. The monoisotopic (exact) mass is 926 g/mol. The average Bonchev–Trinajstić information content (AvgIpc) is 3.78. The van der Waals surface area contributed by atoms with Crippen molar-refractivity contribution in [2.75, 3.05) is 5.32 Å². The molecule has 5 aromatic carbocycles. The number of hydrogen-bond acceptors (Lipinski definition) is 17. The molecule has 0 radical (unpaired) electrons. The molecule has 0 fully saturated rings. The van der Waals surface area contributed by atoms with E-state index >= 15 is 0 Å². The zero-order valence-electron chi connectivity index (χ0n) is 32.1. The van der Waals surface area contributed by atoms with Crippen LogP contribution >= 0.6 is 0 Å². The summed E-state index contributed by atoms with van der Waals surface area (Å²) in [7, 11) is -13.7. The maximum atomic E-state index is 13.2. The fraction of sp³-hybridized carbons (Fsp3) is 0. The van der Waals surface area contributed by atoms with Crippen LogP contribution in [-0.2, 0) is 30.4 Å². The van der Waals surface area contributed by atoms with Gasteiger partial charge in [0.05, 0.1) is 37.4 Å².